The maximum atomic E-state index is 5.79. The second-order valence-corrected chi connectivity index (χ2v) is 5.36. The Hall–Kier alpha value is -1.96. The molecule has 0 radical (unpaired) electrons. The highest BCUT2D eigenvalue weighted by atomic mass is 14.5. The molecule has 2 rings (SSSR count). The van der Waals surface area contributed by atoms with Crippen molar-refractivity contribution in [1.29, 1.82) is 0 Å². The minimum Gasteiger partial charge on any atom is -0.399 e. The molecule has 0 unspecified atom stereocenters. The smallest absolute Gasteiger partial charge is 0.0314 e. The molecule has 106 valence electrons. The summed E-state index contributed by atoms with van der Waals surface area (Å²) in [5.74, 6) is 1.04. The molecule has 2 aromatic carbocycles. The van der Waals surface area contributed by atoms with E-state index in [4.69, 9.17) is 11.5 Å². The van der Waals surface area contributed by atoms with Crippen LogP contribution in [0.25, 0.3) is 0 Å². The topological polar surface area (TPSA) is 52.0 Å². The molecule has 2 atom stereocenters. The maximum absolute atomic E-state index is 5.79. The van der Waals surface area contributed by atoms with Crippen LogP contribution in [-0.4, -0.2) is 0 Å². The molecule has 0 fully saturated rings. The molecule has 2 aromatic rings. The van der Waals surface area contributed by atoms with Gasteiger partial charge in [-0.05, 0) is 60.1 Å². The molecule has 0 heterocycles. The molecule has 4 N–H and O–H groups in total. The molecule has 0 spiro atoms. The molecule has 0 amide bonds. The summed E-state index contributed by atoms with van der Waals surface area (Å²) in [6.45, 7) is 4.50. The third kappa shape index (κ3) is 3.13. The van der Waals surface area contributed by atoms with Gasteiger partial charge in [-0.2, -0.15) is 0 Å². The largest absolute Gasteiger partial charge is 0.399 e. The van der Waals surface area contributed by atoms with E-state index in [1.807, 2.05) is 24.3 Å². The minimum absolute atomic E-state index is 0.518. The van der Waals surface area contributed by atoms with E-state index in [9.17, 15) is 0 Å². The molecule has 0 saturated heterocycles. The van der Waals surface area contributed by atoms with Crippen LogP contribution >= 0.6 is 0 Å². The van der Waals surface area contributed by atoms with Gasteiger partial charge in [-0.3, -0.25) is 0 Å². The van der Waals surface area contributed by atoms with Gasteiger partial charge in [0.2, 0.25) is 0 Å². The Labute approximate surface area is 121 Å². The van der Waals surface area contributed by atoms with Crippen molar-refractivity contribution in [2.75, 3.05) is 11.5 Å². The standard InChI is InChI=1S/C18H24N2/c1-3-17(13-5-9-15(19)10-6-13)18(4-2)14-7-11-16(20)12-8-14/h5-12,17-18H,3-4,19-20H2,1-2H3/t17-,18-/m1/s1. The first-order valence-corrected chi connectivity index (χ1v) is 7.36. The summed E-state index contributed by atoms with van der Waals surface area (Å²) < 4.78 is 0. The van der Waals surface area contributed by atoms with E-state index in [0.717, 1.165) is 24.2 Å². The molecule has 0 saturated carbocycles. The van der Waals surface area contributed by atoms with Crippen LogP contribution in [0.1, 0.15) is 49.7 Å². The van der Waals surface area contributed by atoms with Gasteiger partial charge in [-0.15, -0.1) is 0 Å². The first kappa shape index (κ1) is 14.4. The highest BCUT2D eigenvalue weighted by Crippen LogP contribution is 2.38. The average Bonchev–Trinajstić information content (AvgIpc) is 2.47. The van der Waals surface area contributed by atoms with Crippen molar-refractivity contribution < 1.29 is 0 Å². The SMILES string of the molecule is CC[C@H](c1ccc(N)cc1)[C@H](CC)c1ccc(N)cc1. The predicted octanol–water partition coefficient (Wildman–Crippen LogP) is 4.54. The number of rotatable bonds is 5. The van der Waals surface area contributed by atoms with Crippen LogP contribution in [0.5, 0.6) is 0 Å². The minimum atomic E-state index is 0.518. The Balaban J connectivity index is 2.32. The lowest BCUT2D eigenvalue weighted by Crippen LogP contribution is -2.10. The van der Waals surface area contributed by atoms with E-state index in [-0.39, 0.29) is 0 Å². The Morgan fingerprint density at radius 2 is 0.950 bits per heavy atom. The van der Waals surface area contributed by atoms with Gasteiger partial charge in [0.15, 0.2) is 0 Å². The zero-order valence-corrected chi connectivity index (χ0v) is 12.3. The van der Waals surface area contributed by atoms with Gasteiger partial charge < -0.3 is 11.5 Å². The van der Waals surface area contributed by atoms with E-state index in [2.05, 4.69) is 38.1 Å². The number of nitrogen functional groups attached to an aromatic ring is 2. The Kier molecular flexibility index (Phi) is 4.67. The summed E-state index contributed by atoms with van der Waals surface area (Å²) in [5.41, 5.74) is 16.0. The summed E-state index contributed by atoms with van der Waals surface area (Å²) in [6, 6.07) is 16.6. The molecular weight excluding hydrogens is 244 g/mol. The second-order valence-electron chi connectivity index (χ2n) is 5.36. The number of nitrogens with two attached hydrogens (primary N) is 2. The van der Waals surface area contributed by atoms with Crippen LogP contribution in [-0.2, 0) is 0 Å². The zero-order valence-electron chi connectivity index (χ0n) is 12.3. The second kappa shape index (κ2) is 6.47. The van der Waals surface area contributed by atoms with E-state index < -0.39 is 0 Å². The fourth-order valence-electron chi connectivity index (χ4n) is 2.99. The quantitative estimate of drug-likeness (QED) is 0.782. The van der Waals surface area contributed by atoms with Gasteiger partial charge in [-0.1, -0.05) is 38.1 Å². The average molecular weight is 268 g/mol. The Bertz CT molecular complexity index is 477. The third-order valence-corrected chi connectivity index (χ3v) is 4.09. The summed E-state index contributed by atoms with van der Waals surface area (Å²) in [7, 11) is 0. The molecule has 0 aliphatic carbocycles. The number of hydrogen-bond acceptors (Lipinski definition) is 2. The van der Waals surface area contributed by atoms with Gasteiger partial charge >= 0.3 is 0 Å². The highest BCUT2D eigenvalue weighted by molar-refractivity contribution is 5.43. The van der Waals surface area contributed by atoms with Crippen LogP contribution in [0.4, 0.5) is 11.4 Å². The van der Waals surface area contributed by atoms with Gasteiger partial charge in [0.25, 0.3) is 0 Å². The molecule has 2 nitrogen and oxygen atoms in total. The lowest BCUT2D eigenvalue weighted by Gasteiger charge is -2.26. The number of hydrogen-bond donors (Lipinski definition) is 2. The fourth-order valence-corrected chi connectivity index (χ4v) is 2.99. The van der Waals surface area contributed by atoms with E-state index in [1.54, 1.807) is 0 Å². The summed E-state index contributed by atoms with van der Waals surface area (Å²) in [5, 5.41) is 0. The summed E-state index contributed by atoms with van der Waals surface area (Å²) in [6.07, 6.45) is 2.24. The molecule has 20 heavy (non-hydrogen) atoms. The zero-order chi connectivity index (χ0) is 14.5. The fraction of sp³-hybridized carbons (Fsp3) is 0.333. The molecular formula is C18H24N2. The molecule has 0 aliphatic rings. The van der Waals surface area contributed by atoms with E-state index >= 15 is 0 Å². The predicted molar refractivity (Wildman–Crippen MR) is 87.8 cm³/mol. The highest BCUT2D eigenvalue weighted by Gasteiger charge is 2.21. The molecule has 0 aliphatic heterocycles. The van der Waals surface area contributed by atoms with Crippen LogP contribution in [0, 0.1) is 0 Å². The maximum Gasteiger partial charge on any atom is 0.0314 e. The van der Waals surface area contributed by atoms with Crippen molar-refractivity contribution in [3.63, 3.8) is 0 Å². The lowest BCUT2D eigenvalue weighted by atomic mass is 9.78. The van der Waals surface area contributed by atoms with Crippen molar-refractivity contribution in [3.8, 4) is 0 Å². The number of anilines is 2. The normalized spacial score (nSPS) is 13.9. The van der Waals surface area contributed by atoms with Gasteiger partial charge in [0.05, 0.1) is 0 Å². The number of benzene rings is 2. The van der Waals surface area contributed by atoms with Crippen molar-refractivity contribution >= 4 is 11.4 Å². The van der Waals surface area contributed by atoms with Gasteiger partial charge in [-0.25, -0.2) is 0 Å². The van der Waals surface area contributed by atoms with Crippen LogP contribution < -0.4 is 11.5 Å². The van der Waals surface area contributed by atoms with Gasteiger partial charge in [0.1, 0.15) is 0 Å². The monoisotopic (exact) mass is 268 g/mol. The van der Waals surface area contributed by atoms with Crippen molar-refractivity contribution in [3.05, 3.63) is 59.7 Å². The van der Waals surface area contributed by atoms with Crippen molar-refractivity contribution in [1.82, 2.24) is 0 Å². The summed E-state index contributed by atoms with van der Waals surface area (Å²) >= 11 is 0. The van der Waals surface area contributed by atoms with Gasteiger partial charge in [0, 0.05) is 11.4 Å². The molecule has 2 heteroatoms. The first-order valence-electron chi connectivity index (χ1n) is 7.36. The van der Waals surface area contributed by atoms with Crippen LogP contribution in [0.2, 0.25) is 0 Å². The molecule has 0 bridgehead atoms. The van der Waals surface area contributed by atoms with E-state index in [1.165, 1.54) is 11.1 Å². The third-order valence-electron chi connectivity index (χ3n) is 4.09. The van der Waals surface area contributed by atoms with Crippen LogP contribution in [0.3, 0.4) is 0 Å². The first-order chi connectivity index (χ1) is 9.65. The summed E-state index contributed by atoms with van der Waals surface area (Å²) in [4.78, 5) is 0. The van der Waals surface area contributed by atoms with Crippen molar-refractivity contribution in [2.45, 2.75) is 38.5 Å². The van der Waals surface area contributed by atoms with Crippen LogP contribution in [0.15, 0.2) is 48.5 Å². The van der Waals surface area contributed by atoms with E-state index in [0.29, 0.717) is 11.8 Å². The lowest BCUT2D eigenvalue weighted by molar-refractivity contribution is 0.510. The molecule has 0 aromatic heterocycles. The Morgan fingerprint density at radius 3 is 1.20 bits per heavy atom. The van der Waals surface area contributed by atoms with Crippen molar-refractivity contribution in [2.24, 2.45) is 0 Å². The Morgan fingerprint density at radius 1 is 0.650 bits per heavy atom.